The fraction of sp³-hybridized carbons (Fsp3) is 0. The average molecular weight is 202 g/mol. The average Bonchev–Trinajstić information content (AvgIpc) is 2.31. The summed E-state index contributed by atoms with van der Waals surface area (Å²) in [6.45, 7) is 0. The number of nitrogens with zero attached hydrogens (tertiary/aromatic N) is 6. The lowest BCUT2D eigenvalue weighted by molar-refractivity contribution is -0.440. The molecule has 15 heavy (non-hydrogen) atoms. The minimum absolute atomic E-state index is 0.100. The number of hydrogen-bond donors (Lipinski definition) is 0. The van der Waals surface area contributed by atoms with Gasteiger partial charge in [0.1, 0.15) is 0 Å². The van der Waals surface area contributed by atoms with Crippen molar-refractivity contribution in [2.75, 3.05) is 0 Å². The molecule has 0 aliphatic rings. The third-order valence-electron chi connectivity index (χ3n) is 1.51. The second-order valence-corrected chi connectivity index (χ2v) is 2.54. The van der Waals surface area contributed by atoms with Gasteiger partial charge in [-0.2, -0.15) is 5.10 Å². The summed E-state index contributed by atoms with van der Waals surface area (Å²) in [6, 6.07) is 6.30. The highest BCUT2D eigenvalue weighted by atomic mass is 16.5. The highest BCUT2D eigenvalue weighted by Gasteiger charge is 2.04. The molecule has 0 aliphatic heterocycles. The molecule has 2 aromatic heterocycles. The third-order valence-corrected chi connectivity index (χ3v) is 1.51. The molecule has 7 nitrogen and oxygen atoms in total. The standard InChI is InChI=1S/C8H6N6O/c15-14(8-4-2-6-10-12-8)13-7-3-1-5-9-11-7/h1-6H. The Morgan fingerprint density at radius 3 is 2.40 bits per heavy atom. The zero-order chi connectivity index (χ0) is 10.5. The van der Waals surface area contributed by atoms with E-state index in [4.69, 9.17) is 0 Å². The van der Waals surface area contributed by atoms with E-state index in [9.17, 15) is 5.21 Å². The van der Waals surface area contributed by atoms with Crippen molar-refractivity contribution in [1.82, 2.24) is 20.4 Å². The molecule has 0 N–H and O–H groups in total. The van der Waals surface area contributed by atoms with E-state index < -0.39 is 0 Å². The minimum atomic E-state index is 0.100. The zero-order valence-corrected chi connectivity index (χ0v) is 7.56. The summed E-state index contributed by atoms with van der Waals surface area (Å²) in [4.78, 5) is 0.344. The Morgan fingerprint density at radius 2 is 1.80 bits per heavy atom. The van der Waals surface area contributed by atoms with E-state index in [1.807, 2.05) is 0 Å². The summed E-state index contributed by atoms with van der Waals surface area (Å²) in [7, 11) is 0. The molecule has 0 unspecified atom stereocenters. The van der Waals surface area contributed by atoms with Gasteiger partial charge in [-0.15, -0.1) is 9.96 Å². The molecule has 7 heteroatoms. The topological polar surface area (TPSA) is 90.0 Å². The quantitative estimate of drug-likeness (QED) is 0.414. The Labute approximate surface area is 84.7 Å². The summed E-state index contributed by atoms with van der Waals surface area (Å²) in [6.07, 6.45) is 2.97. The van der Waals surface area contributed by atoms with Crippen molar-refractivity contribution in [2.45, 2.75) is 0 Å². The molecular formula is C8H6N6O. The number of rotatable bonds is 2. The van der Waals surface area contributed by atoms with E-state index in [-0.39, 0.29) is 11.6 Å². The minimum Gasteiger partial charge on any atom is -0.690 e. The zero-order valence-electron chi connectivity index (χ0n) is 7.56. The first-order valence-electron chi connectivity index (χ1n) is 4.10. The van der Waals surface area contributed by atoms with Gasteiger partial charge >= 0.3 is 5.82 Å². The van der Waals surface area contributed by atoms with E-state index in [1.165, 1.54) is 18.5 Å². The highest BCUT2D eigenvalue weighted by molar-refractivity contribution is 5.21. The Balaban J connectivity index is 2.29. The van der Waals surface area contributed by atoms with Crippen molar-refractivity contribution in [3.8, 4) is 0 Å². The van der Waals surface area contributed by atoms with Crippen LogP contribution in [0.2, 0.25) is 0 Å². The summed E-state index contributed by atoms with van der Waals surface area (Å²) in [5.41, 5.74) is 0. The largest absolute Gasteiger partial charge is 0.690 e. The van der Waals surface area contributed by atoms with Gasteiger partial charge in [0.05, 0.1) is 11.3 Å². The highest BCUT2D eigenvalue weighted by Crippen LogP contribution is 2.10. The van der Waals surface area contributed by atoms with Crippen LogP contribution in [0.5, 0.6) is 0 Å². The molecule has 0 amide bonds. The van der Waals surface area contributed by atoms with Crippen LogP contribution in [-0.2, 0) is 0 Å². The van der Waals surface area contributed by atoms with E-state index in [1.54, 1.807) is 18.2 Å². The molecule has 0 radical (unpaired) electrons. The normalized spacial score (nSPS) is 11.3. The number of aromatic nitrogens is 4. The Bertz CT molecular complexity index is 457. The Kier molecular flexibility index (Phi) is 2.54. The summed E-state index contributed by atoms with van der Waals surface area (Å²) in [5, 5.41) is 29.4. The fourth-order valence-electron chi connectivity index (χ4n) is 0.886. The van der Waals surface area contributed by atoms with Crippen molar-refractivity contribution < 1.29 is 4.86 Å². The van der Waals surface area contributed by atoms with Gasteiger partial charge in [0.25, 0.3) is 0 Å². The van der Waals surface area contributed by atoms with E-state index >= 15 is 0 Å². The second-order valence-electron chi connectivity index (χ2n) is 2.54. The first-order valence-corrected chi connectivity index (χ1v) is 4.10. The molecule has 0 spiro atoms. The molecule has 0 fully saturated rings. The van der Waals surface area contributed by atoms with Crippen molar-refractivity contribution in [3.05, 3.63) is 41.9 Å². The summed E-state index contributed by atoms with van der Waals surface area (Å²) in [5.74, 6) is 0.321. The third kappa shape index (κ3) is 2.27. The maximum atomic E-state index is 11.4. The maximum Gasteiger partial charge on any atom is 0.374 e. The Hall–Kier alpha value is -2.44. The van der Waals surface area contributed by atoms with Crippen LogP contribution < -0.4 is 0 Å². The van der Waals surface area contributed by atoms with Crippen molar-refractivity contribution in [2.24, 2.45) is 5.11 Å². The first-order chi connectivity index (χ1) is 7.36. The lowest BCUT2D eigenvalue weighted by Crippen LogP contribution is -1.95. The molecule has 74 valence electrons. The molecule has 0 atom stereocenters. The van der Waals surface area contributed by atoms with Gasteiger partial charge in [0.15, 0.2) is 0 Å². The van der Waals surface area contributed by atoms with Crippen molar-refractivity contribution in [3.63, 3.8) is 0 Å². The van der Waals surface area contributed by atoms with Gasteiger partial charge in [0.2, 0.25) is 5.82 Å². The van der Waals surface area contributed by atoms with Gasteiger partial charge < -0.3 is 5.21 Å². The molecule has 0 aliphatic carbocycles. The molecule has 0 aromatic carbocycles. The number of hydrogen-bond acceptors (Lipinski definition) is 6. The van der Waals surface area contributed by atoms with Gasteiger partial charge in [0, 0.05) is 12.3 Å². The lowest BCUT2D eigenvalue weighted by atomic mass is 10.5. The SMILES string of the molecule is [O-][N+](=Nc1cccnn1)c1cccnn1. The van der Waals surface area contributed by atoms with Gasteiger partial charge in [-0.3, -0.25) is 0 Å². The second kappa shape index (κ2) is 4.18. The van der Waals surface area contributed by atoms with Crippen LogP contribution in [0.25, 0.3) is 0 Å². The molecule has 2 aromatic rings. The molecular weight excluding hydrogens is 196 g/mol. The maximum absolute atomic E-state index is 11.4. The van der Waals surface area contributed by atoms with Crippen LogP contribution in [-0.4, -0.2) is 25.3 Å². The molecule has 0 saturated carbocycles. The van der Waals surface area contributed by atoms with Crippen molar-refractivity contribution in [1.29, 1.82) is 0 Å². The summed E-state index contributed by atoms with van der Waals surface area (Å²) < 4.78 is 0. The molecule has 0 saturated heterocycles. The van der Waals surface area contributed by atoms with Crippen molar-refractivity contribution >= 4 is 11.6 Å². The molecule has 2 heterocycles. The van der Waals surface area contributed by atoms with Gasteiger partial charge in [-0.05, 0) is 23.3 Å². The van der Waals surface area contributed by atoms with Gasteiger partial charge in [-0.25, -0.2) is 0 Å². The summed E-state index contributed by atoms with van der Waals surface area (Å²) >= 11 is 0. The number of azo groups is 1. The first kappa shape index (κ1) is 9.13. The van der Waals surface area contributed by atoms with Crippen LogP contribution in [0.1, 0.15) is 0 Å². The predicted octanol–water partition coefficient (Wildman–Crippen LogP) is 1.19. The van der Waals surface area contributed by atoms with Gasteiger partial charge in [-0.1, -0.05) is 5.11 Å². The molecule has 0 bridgehead atoms. The van der Waals surface area contributed by atoms with E-state index in [0.29, 0.717) is 4.86 Å². The van der Waals surface area contributed by atoms with Crippen LogP contribution >= 0.6 is 0 Å². The van der Waals surface area contributed by atoms with Crippen LogP contribution in [0, 0.1) is 5.21 Å². The van der Waals surface area contributed by atoms with E-state index in [0.717, 1.165) is 0 Å². The molecule has 2 rings (SSSR count). The lowest BCUT2D eigenvalue weighted by Gasteiger charge is -1.99. The van der Waals surface area contributed by atoms with Crippen LogP contribution in [0.3, 0.4) is 0 Å². The Morgan fingerprint density at radius 1 is 1.07 bits per heavy atom. The van der Waals surface area contributed by atoms with E-state index in [2.05, 4.69) is 25.5 Å². The smallest absolute Gasteiger partial charge is 0.374 e. The van der Waals surface area contributed by atoms with Crippen LogP contribution in [0.4, 0.5) is 11.6 Å². The monoisotopic (exact) mass is 202 g/mol. The van der Waals surface area contributed by atoms with Crippen LogP contribution in [0.15, 0.2) is 41.8 Å². The predicted molar refractivity (Wildman–Crippen MR) is 49.4 cm³/mol. The fourth-order valence-corrected chi connectivity index (χ4v) is 0.886.